The second-order valence-corrected chi connectivity index (χ2v) is 36.1. The minimum absolute atomic E-state index is 0.849. The van der Waals surface area contributed by atoms with Crippen LogP contribution < -0.4 is 0 Å². The highest BCUT2D eigenvalue weighted by molar-refractivity contribution is 6.26. The molecule has 0 saturated heterocycles. The summed E-state index contributed by atoms with van der Waals surface area (Å²) in [6, 6.07) is 174. The monoisotopic (exact) mass is 1820 g/mol. The van der Waals surface area contributed by atoms with Crippen LogP contribution in [-0.4, -0.2) is 39.5 Å². The molecule has 7 aromatic heterocycles. The van der Waals surface area contributed by atoms with Crippen molar-refractivity contribution in [3.8, 4) is 162 Å². The van der Waals surface area contributed by atoms with E-state index in [0.29, 0.717) is 0 Å². The Balaban J connectivity index is 0.000000114. The predicted octanol–water partition coefficient (Wildman–Crippen LogP) is 35.3. The van der Waals surface area contributed by atoms with E-state index in [1.54, 1.807) is 6.20 Å². The summed E-state index contributed by atoms with van der Waals surface area (Å²) in [4.78, 5) is 32.4. The van der Waals surface area contributed by atoms with E-state index in [2.05, 4.69) is 473 Å². The molecule has 668 valence electrons. The number of fused-ring (bicyclic) bond motifs is 9. The van der Waals surface area contributed by atoms with E-state index in [0.717, 1.165) is 117 Å². The van der Waals surface area contributed by atoms with Gasteiger partial charge in [0.1, 0.15) is 5.82 Å². The summed E-state index contributed by atoms with van der Waals surface area (Å²) in [5.41, 5.74) is 33.7. The Morgan fingerprint density at radius 1 is 0.154 bits per heavy atom. The van der Waals surface area contributed by atoms with E-state index in [1.165, 1.54) is 143 Å². The molecule has 0 fully saturated rings. The van der Waals surface area contributed by atoms with Gasteiger partial charge in [0.15, 0.2) is 0 Å². The molecule has 0 spiro atoms. The minimum Gasteiger partial charge on any atom is -0.292 e. The fraction of sp³-hybridized carbons (Fsp3) is 0. The predicted molar refractivity (Wildman–Crippen MR) is 597 cm³/mol. The number of pyridine rings is 6. The molecule has 0 atom stereocenters. The molecule has 20 aromatic carbocycles. The van der Waals surface area contributed by atoms with Crippen molar-refractivity contribution >= 4 is 97.2 Å². The average molecular weight is 1820 g/mol. The third kappa shape index (κ3) is 16.5. The Kier molecular flexibility index (Phi) is 22.6. The highest BCUT2D eigenvalue weighted by atomic mass is 15.1. The van der Waals surface area contributed by atoms with Crippen molar-refractivity contribution in [3.05, 3.63) is 535 Å². The smallest absolute Gasteiger partial charge is 0.145 e. The van der Waals surface area contributed by atoms with Crippen LogP contribution in [0.1, 0.15) is 0 Å². The zero-order valence-electron chi connectivity index (χ0n) is 77.9. The Hall–Kier alpha value is -19.2. The standard InChI is InChI=1S/C53H34N2.C42H28N2.C40H26N4/c1-2-16-44(17-3-1)55-50-21-11-10-20-49(50)54-53(55)38-26-22-37(23-27-38)41-30-31-47-48(34-41)52(43-29-25-36-13-5-7-15-40(36)33-43)46-19-9-8-18-45(46)51(47)42-28-24-35-12-4-6-14-39(35)32-42;1-2-8-29(9-3-1)34-16-17-39-40(28-34)42(36-13-7-11-33(27-36)31-20-24-44-25-21-31)38-15-5-4-14-37(38)41(39)35-12-6-10-32(26-35)30-18-22-43-23-19-30;1-2-10-27(11-3-1)28-16-19-33-34(24-28)39(30-18-20-37(43-26-30)36-15-7-9-23-42-36)31-12-4-5-13-32(31)40(33)38-21-17-29(25-44-38)35-14-6-8-22-41-35/h1-34H;1-28H;1-26H. The first-order valence-electron chi connectivity index (χ1n) is 48.4. The number of rotatable bonds is 15. The molecule has 0 aliphatic rings. The number of hydrogen-bond donors (Lipinski definition) is 0. The molecule has 143 heavy (non-hydrogen) atoms. The van der Waals surface area contributed by atoms with Gasteiger partial charge in [-0.3, -0.25) is 34.5 Å². The van der Waals surface area contributed by atoms with E-state index in [4.69, 9.17) is 15.0 Å². The van der Waals surface area contributed by atoms with Crippen LogP contribution in [0.2, 0.25) is 0 Å². The van der Waals surface area contributed by atoms with E-state index >= 15 is 0 Å². The van der Waals surface area contributed by atoms with Crippen molar-refractivity contribution in [1.82, 2.24) is 39.5 Å². The molecule has 8 heteroatoms. The molecule has 7 heterocycles. The maximum absolute atomic E-state index is 5.12. The van der Waals surface area contributed by atoms with E-state index in [-0.39, 0.29) is 0 Å². The van der Waals surface area contributed by atoms with Crippen molar-refractivity contribution in [1.29, 1.82) is 0 Å². The molecular formula is C135H88N8. The summed E-state index contributed by atoms with van der Waals surface area (Å²) in [6.07, 6.45) is 14.9. The second kappa shape index (κ2) is 37.7. The van der Waals surface area contributed by atoms with Crippen LogP contribution in [0.3, 0.4) is 0 Å². The fourth-order valence-corrected chi connectivity index (χ4v) is 21.0. The first-order chi connectivity index (χ1) is 70.9. The van der Waals surface area contributed by atoms with Gasteiger partial charge in [0, 0.05) is 77.5 Å². The molecule has 0 aliphatic carbocycles. The van der Waals surface area contributed by atoms with E-state index < -0.39 is 0 Å². The zero-order chi connectivity index (χ0) is 94.9. The van der Waals surface area contributed by atoms with Crippen LogP contribution in [0, 0.1) is 0 Å². The molecular weight excluding hydrogens is 1730 g/mol. The topological polar surface area (TPSA) is 95.2 Å². The van der Waals surface area contributed by atoms with Crippen molar-refractivity contribution in [2.75, 3.05) is 0 Å². The lowest BCUT2D eigenvalue weighted by Gasteiger charge is -2.19. The van der Waals surface area contributed by atoms with E-state index in [9.17, 15) is 0 Å². The summed E-state index contributed by atoms with van der Waals surface area (Å²) in [6.45, 7) is 0. The molecule has 27 aromatic rings. The third-order valence-electron chi connectivity index (χ3n) is 27.7. The summed E-state index contributed by atoms with van der Waals surface area (Å²) >= 11 is 0. The van der Waals surface area contributed by atoms with Crippen molar-refractivity contribution in [2.24, 2.45) is 0 Å². The second-order valence-electron chi connectivity index (χ2n) is 36.1. The summed E-state index contributed by atoms with van der Waals surface area (Å²) in [5.74, 6) is 0.933. The van der Waals surface area contributed by atoms with Gasteiger partial charge < -0.3 is 0 Å². The van der Waals surface area contributed by atoms with Crippen LogP contribution in [0.25, 0.3) is 259 Å². The van der Waals surface area contributed by atoms with Crippen LogP contribution in [0.15, 0.2) is 535 Å². The first kappa shape index (κ1) is 85.5. The first-order valence-corrected chi connectivity index (χ1v) is 48.4. The number of imidazole rings is 1. The Labute approximate surface area is 828 Å². The summed E-state index contributed by atoms with van der Waals surface area (Å²) in [5, 5.41) is 19.5. The summed E-state index contributed by atoms with van der Waals surface area (Å²) < 4.78 is 2.26. The molecule has 0 aliphatic heterocycles. The Morgan fingerprint density at radius 3 is 0.951 bits per heavy atom. The van der Waals surface area contributed by atoms with Gasteiger partial charge in [0.2, 0.25) is 0 Å². The zero-order valence-corrected chi connectivity index (χ0v) is 77.9. The fourth-order valence-electron chi connectivity index (χ4n) is 21.0. The van der Waals surface area contributed by atoms with Gasteiger partial charge in [-0.2, -0.15) is 0 Å². The largest absolute Gasteiger partial charge is 0.292 e. The lowest BCUT2D eigenvalue weighted by Crippen LogP contribution is -1.97. The molecule has 0 radical (unpaired) electrons. The van der Waals surface area contributed by atoms with Gasteiger partial charge in [-0.15, -0.1) is 0 Å². The van der Waals surface area contributed by atoms with Gasteiger partial charge in [0.25, 0.3) is 0 Å². The number of nitrogens with zero attached hydrogens (tertiary/aromatic N) is 8. The Bertz CT molecular complexity index is 9460. The van der Waals surface area contributed by atoms with Gasteiger partial charge >= 0.3 is 0 Å². The normalized spacial score (nSPS) is 11.4. The lowest BCUT2D eigenvalue weighted by molar-refractivity contribution is 1.10. The number of hydrogen-bond acceptors (Lipinski definition) is 7. The van der Waals surface area contributed by atoms with Crippen LogP contribution in [0.4, 0.5) is 0 Å². The van der Waals surface area contributed by atoms with Crippen LogP contribution in [-0.2, 0) is 0 Å². The quantitative estimate of drug-likeness (QED) is 0.0944. The third-order valence-corrected chi connectivity index (χ3v) is 27.7. The highest BCUT2D eigenvalue weighted by Gasteiger charge is 2.25. The molecule has 0 amide bonds. The van der Waals surface area contributed by atoms with Crippen molar-refractivity contribution in [2.45, 2.75) is 0 Å². The van der Waals surface area contributed by atoms with Gasteiger partial charge in [-0.1, -0.05) is 352 Å². The average Bonchev–Trinajstić information content (AvgIpc) is 1.12. The molecule has 0 N–H and O–H groups in total. The summed E-state index contributed by atoms with van der Waals surface area (Å²) in [7, 11) is 0. The highest BCUT2D eigenvalue weighted by Crippen LogP contribution is 2.51. The Morgan fingerprint density at radius 2 is 0.476 bits per heavy atom. The number of para-hydroxylation sites is 3. The molecule has 0 unspecified atom stereocenters. The molecule has 27 rings (SSSR count). The van der Waals surface area contributed by atoms with Crippen molar-refractivity contribution in [3.63, 3.8) is 0 Å². The van der Waals surface area contributed by atoms with Gasteiger partial charge in [-0.05, 0) is 325 Å². The SMILES string of the molecule is c1ccc(-c2ccc3c(-c4ccc(-c5ccccn5)cn4)c4ccccc4c(-c4ccc(-c5ccccn5)nc4)c3c2)cc1.c1ccc(-c2ccc3c(-c4cccc(-c5ccncc5)c4)c4ccccc4c(-c4cccc(-c5ccncc5)c4)c3c2)cc1.c1ccc(-n2c(-c3ccc(-c4ccc5c(-c6ccc7ccccc7c6)c6ccccc6c(-c6ccc7ccccc7c6)c5c4)cc3)nc3ccccc32)cc1. The molecule has 0 saturated carbocycles. The number of benzene rings is 20. The van der Waals surface area contributed by atoms with Crippen LogP contribution in [0.5, 0.6) is 0 Å². The maximum atomic E-state index is 5.12. The minimum atomic E-state index is 0.849. The van der Waals surface area contributed by atoms with Crippen LogP contribution >= 0.6 is 0 Å². The van der Waals surface area contributed by atoms with Gasteiger partial charge in [-0.25, -0.2) is 4.98 Å². The molecule has 0 bridgehead atoms. The number of aromatic nitrogens is 8. The maximum Gasteiger partial charge on any atom is 0.145 e. The molecule has 8 nitrogen and oxygen atoms in total. The lowest BCUT2D eigenvalue weighted by atomic mass is 9.84. The van der Waals surface area contributed by atoms with Crippen molar-refractivity contribution < 1.29 is 0 Å². The van der Waals surface area contributed by atoms with Gasteiger partial charge in [0.05, 0.1) is 33.8 Å². The van der Waals surface area contributed by atoms with E-state index in [1.807, 2.05) is 79.8 Å².